The van der Waals surface area contributed by atoms with Gasteiger partial charge in [-0.1, -0.05) is 19.9 Å². The number of carbonyl (C=O) groups is 2. The molecule has 7 heteroatoms. The van der Waals surface area contributed by atoms with E-state index in [2.05, 4.69) is 10.6 Å². The lowest BCUT2D eigenvalue weighted by Gasteiger charge is -2.23. The number of thiophene rings is 1. The Hall–Kier alpha value is -1.60. The number of aliphatic carboxylic acids is 1. The second-order valence-electron chi connectivity index (χ2n) is 5.11. The number of carboxylic acids is 1. The molecule has 2 amide bonds. The van der Waals surface area contributed by atoms with Crippen molar-refractivity contribution in [3.63, 3.8) is 0 Å². The Morgan fingerprint density at radius 2 is 2.10 bits per heavy atom. The number of urea groups is 1. The third kappa shape index (κ3) is 5.18. The number of carbonyl (C=O) groups excluding carboxylic acids is 1. The van der Waals surface area contributed by atoms with Crippen LogP contribution in [0.4, 0.5) is 4.79 Å². The van der Waals surface area contributed by atoms with E-state index in [9.17, 15) is 9.59 Å². The van der Waals surface area contributed by atoms with Crippen molar-refractivity contribution in [2.75, 3.05) is 13.1 Å². The molecule has 0 bridgehead atoms. The molecule has 1 aromatic rings. The van der Waals surface area contributed by atoms with Crippen molar-refractivity contribution >= 4 is 23.3 Å². The molecule has 0 spiro atoms. The van der Waals surface area contributed by atoms with Gasteiger partial charge in [-0.05, 0) is 11.4 Å². The molecule has 0 fully saturated rings. The highest BCUT2D eigenvalue weighted by Gasteiger charge is 2.22. The van der Waals surface area contributed by atoms with Gasteiger partial charge in [-0.15, -0.1) is 11.3 Å². The monoisotopic (exact) mass is 300 g/mol. The fourth-order valence-corrected chi connectivity index (χ4v) is 2.41. The first kappa shape index (κ1) is 16.5. The summed E-state index contributed by atoms with van der Waals surface area (Å²) in [7, 11) is 0. The first-order chi connectivity index (χ1) is 9.33. The SMILES string of the molecule is CC(C)(CNC(=O)NCC[C@H](O)C(=O)O)c1cccs1. The fraction of sp³-hybridized carbons (Fsp3) is 0.538. The lowest BCUT2D eigenvalue weighted by molar-refractivity contribution is -0.146. The van der Waals surface area contributed by atoms with Crippen LogP contribution in [-0.4, -0.2) is 41.4 Å². The molecule has 0 aliphatic carbocycles. The maximum atomic E-state index is 11.6. The van der Waals surface area contributed by atoms with Crippen LogP contribution < -0.4 is 10.6 Å². The van der Waals surface area contributed by atoms with Gasteiger partial charge in [-0.2, -0.15) is 0 Å². The number of aliphatic hydroxyl groups excluding tert-OH is 1. The molecule has 0 unspecified atom stereocenters. The summed E-state index contributed by atoms with van der Waals surface area (Å²) >= 11 is 1.64. The summed E-state index contributed by atoms with van der Waals surface area (Å²) in [6.45, 7) is 4.65. The molecule has 1 aromatic heterocycles. The van der Waals surface area contributed by atoms with Gasteiger partial charge in [0, 0.05) is 29.8 Å². The van der Waals surface area contributed by atoms with Gasteiger partial charge in [0.05, 0.1) is 0 Å². The highest BCUT2D eigenvalue weighted by molar-refractivity contribution is 7.10. The van der Waals surface area contributed by atoms with E-state index in [-0.39, 0.29) is 24.4 Å². The molecule has 20 heavy (non-hydrogen) atoms. The molecule has 4 N–H and O–H groups in total. The second-order valence-corrected chi connectivity index (χ2v) is 6.06. The standard InChI is InChI=1S/C13H20N2O4S/c1-13(2,10-4-3-7-20-10)8-15-12(19)14-6-5-9(16)11(17)18/h3-4,7,9,16H,5-6,8H2,1-2H3,(H,17,18)(H2,14,15,19)/t9-/m0/s1. The van der Waals surface area contributed by atoms with Crippen molar-refractivity contribution in [1.82, 2.24) is 10.6 Å². The van der Waals surface area contributed by atoms with Crippen LogP contribution in [0.15, 0.2) is 17.5 Å². The first-order valence-electron chi connectivity index (χ1n) is 6.29. The molecule has 1 atom stereocenters. The first-order valence-corrected chi connectivity index (χ1v) is 7.17. The number of hydrogen-bond donors (Lipinski definition) is 4. The zero-order chi connectivity index (χ0) is 15.2. The molecule has 6 nitrogen and oxygen atoms in total. The largest absolute Gasteiger partial charge is 0.479 e. The topological polar surface area (TPSA) is 98.7 Å². The Bertz CT molecular complexity index is 445. The molecule has 0 aliphatic rings. The van der Waals surface area contributed by atoms with Crippen molar-refractivity contribution in [3.05, 3.63) is 22.4 Å². The molecule has 112 valence electrons. The van der Waals surface area contributed by atoms with E-state index in [1.807, 2.05) is 31.4 Å². The Labute approximate surface area is 121 Å². The van der Waals surface area contributed by atoms with Gasteiger partial charge in [0.2, 0.25) is 0 Å². The van der Waals surface area contributed by atoms with Crippen LogP contribution >= 0.6 is 11.3 Å². The molecule has 1 heterocycles. The van der Waals surface area contributed by atoms with Crippen molar-refractivity contribution in [2.24, 2.45) is 0 Å². The zero-order valence-corrected chi connectivity index (χ0v) is 12.4. The van der Waals surface area contributed by atoms with E-state index in [0.717, 1.165) is 0 Å². The Morgan fingerprint density at radius 1 is 1.40 bits per heavy atom. The summed E-state index contributed by atoms with van der Waals surface area (Å²) in [5.41, 5.74) is -0.161. The minimum atomic E-state index is -1.45. The van der Waals surface area contributed by atoms with Gasteiger partial charge in [0.15, 0.2) is 6.10 Å². The number of aliphatic hydroxyl groups is 1. The minimum absolute atomic E-state index is 0.0168. The number of rotatable bonds is 7. The normalized spacial score (nSPS) is 12.8. The number of hydrogen-bond acceptors (Lipinski definition) is 4. The van der Waals surface area contributed by atoms with Crippen molar-refractivity contribution < 1.29 is 19.8 Å². The van der Waals surface area contributed by atoms with Gasteiger partial charge >= 0.3 is 12.0 Å². The summed E-state index contributed by atoms with van der Waals surface area (Å²) in [6, 6.07) is 3.62. The maximum Gasteiger partial charge on any atom is 0.332 e. The Morgan fingerprint density at radius 3 is 2.65 bits per heavy atom. The van der Waals surface area contributed by atoms with Gasteiger partial charge < -0.3 is 20.8 Å². The highest BCUT2D eigenvalue weighted by atomic mass is 32.1. The van der Waals surface area contributed by atoms with Crippen LogP contribution in [0, 0.1) is 0 Å². The van der Waals surface area contributed by atoms with Gasteiger partial charge in [-0.3, -0.25) is 0 Å². The van der Waals surface area contributed by atoms with Crippen LogP contribution in [0.3, 0.4) is 0 Å². The van der Waals surface area contributed by atoms with Crippen LogP contribution in [0.25, 0.3) is 0 Å². The fourth-order valence-electron chi connectivity index (χ4n) is 1.56. The van der Waals surface area contributed by atoms with Crippen molar-refractivity contribution in [1.29, 1.82) is 0 Å². The minimum Gasteiger partial charge on any atom is -0.479 e. The maximum absolute atomic E-state index is 11.6. The quantitative estimate of drug-likeness (QED) is 0.607. The molecule has 1 rings (SSSR count). The highest BCUT2D eigenvalue weighted by Crippen LogP contribution is 2.26. The van der Waals surface area contributed by atoms with E-state index < -0.39 is 12.1 Å². The summed E-state index contributed by atoms with van der Waals surface area (Å²) < 4.78 is 0. The average molecular weight is 300 g/mol. The molecular formula is C13H20N2O4S. The second kappa shape index (κ2) is 7.25. The van der Waals surface area contributed by atoms with Gasteiger partial charge in [0.1, 0.15) is 0 Å². The Balaban J connectivity index is 2.28. The van der Waals surface area contributed by atoms with Crippen LogP contribution in [0.1, 0.15) is 25.1 Å². The van der Waals surface area contributed by atoms with Gasteiger partial charge in [0.25, 0.3) is 0 Å². The van der Waals surface area contributed by atoms with Crippen molar-refractivity contribution in [2.45, 2.75) is 31.8 Å². The third-order valence-electron chi connectivity index (χ3n) is 2.87. The van der Waals surface area contributed by atoms with E-state index in [0.29, 0.717) is 6.54 Å². The smallest absolute Gasteiger partial charge is 0.332 e. The lowest BCUT2D eigenvalue weighted by Crippen LogP contribution is -2.43. The summed E-state index contributed by atoms with van der Waals surface area (Å²) in [4.78, 5) is 23.1. The van der Waals surface area contributed by atoms with E-state index in [4.69, 9.17) is 10.2 Å². The lowest BCUT2D eigenvalue weighted by atomic mass is 9.91. The third-order valence-corrected chi connectivity index (χ3v) is 4.10. The van der Waals surface area contributed by atoms with E-state index in [1.54, 1.807) is 11.3 Å². The van der Waals surface area contributed by atoms with Crippen LogP contribution in [0.2, 0.25) is 0 Å². The molecule has 0 saturated carbocycles. The van der Waals surface area contributed by atoms with E-state index in [1.165, 1.54) is 4.88 Å². The molecule has 0 aromatic carbocycles. The van der Waals surface area contributed by atoms with Crippen LogP contribution in [-0.2, 0) is 10.2 Å². The summed E-state index contributed by atoms with van der Waals surface area (Å²) in [5.74, 6) is -1.29. The van der Waals surface area contributed by atoms with Gasteiger partial charge in [-0.25, -0.2) is 9.59 Å². The Kier molecular flexibility index (Phi) is 5.97. The van der Waals surface area contributed by atoms with E-state index >= 15 is 0 Å². The zero-order valence-electron chi connectivity index (χ0n) is 11.5. The summed E-state index contributed by atoms with van der Waals surface area (Å²) in [6.07, 6.45) is -1.46. The van der Waals surface area contributed by atoms with Crippen molar-refractivity contribution in [3.8, 4) is 0 Å². The predicted molar refractivity (Wildman–Crippen MR) is 77.0 cm³/mol. The molecule has 0 aliphatic heterocycles. The summed E-state index contributed by atoms with van der Waals surface area (Å²) in [5, 5.41) is 24.8. The predicted octanol–water partition coefficient (Wildman–Crippen LogP) is 1.16. The molecule has 0 saturated heterocycles. The number of amides is 2. The number of nitrogens with one attached hydrogen (secondary N) is 2. The molecule has 0 radical (unpaired) electrons. The number of carboxylic acid groups (broad SMARTS) is 1. The molecular weight excluding hydrogens is 280 g/mol. The average Bonchev–Trinajstić information content (AvgIpc) is 2.90. The van der Waals surface area contributed by atoms with Crippen LogP contribution in [0.5, 0.6) is 0 Å².